The number of aryl methyl sites for hydroxylation is 1. The van der Waals surface area contributed by atoms with Crippen molar-refractivity contribution in [2.75, 3.05) is 18.5 Å². The van der Waals surface area contributed by atoms with Crippen molar-refractivity contribution in [3.05, 3.63) is 17.6 Å². The summed E-state index contributed by atoms with van der Waals surface area (Å²) in [6, 6.07) is 0. The molecule has 0 bridgehead atoms. The highest BCUT2D eigenvalue weighted by Gasteiger charge is 2.16. The fourth-order valence-electron chi connectivity index (χ4n) is 1.77. The summed E-state index contributed by atoms with van der Waals surface area (Å²) in [5.41, 5.74) is 0.549. The van der Waals surface area contributed by atoms with E-state index in [1.165, 1.54) is 6.20 Å². The lowest BCUT2D eigenvalue weighted by molar-refractivity contribution is 0.0689. The number of aromatic carboxylic acids is 1. The van der Waals surface area contributed by atoms with Crippen LogP contribution in [0, 0.1) is 6.92 Å². The van der Waals surface area contributed by atoms with E-state index in [1.807, 2.05) is 0 Å². The normalized spacial score (nSPS) is 19.2. The van der Waals surface area contributed by atoms with Crippen molar-refractivity contribution in [1.82, 2.24) is 9.97 Å². The van der Waals surface area contributed by atoms with Gasteiger partial charge in [-0.2, -0.15) is 0 Å². The molecule has 1 saturated heterocycles. The zero-order valence-electron chi connectivity index (χ0n) is 9.64. The van der Waals surface area contributed by atoms with E-state index in [0.717, 1.165) is 19.4 Å². The topological polar surface area (TPSA) is 84.3 Å². The second kappa shape index (κ2) is 5.09. The van der Waals surface area contributed by atoms with E-state index in [4.69, 9.17) is 9.84 Å². The number of carboxylic acids is 1. The van der Waals surface area contributed by atoms with Gasteiger partial charge < -0.3 is 15.2 Å². The van der Waals surface area contributed by atoms with Crippen LogP contribution in [0.2, 0.25) is 0 Å². The maximum Gasteiger partial charge on any atom is 0.356 e. The molecule has 1 aromatic rings. The standard InChI is InChI=1S/C11H15N3O3/c1-7-10(12-5-8-3-2-4-17-8)13-6-9(14-7)11(15)16/h6,8H,2-5H2,1H3,(H,12,13)(H,15,16). The third-order valence-corrected chi connectivity index (χ3v) is 2.69. The van der Waals surface area contributed by atoms with E-state index < -0.39 is 5.97 Å². The second-order valence-corrected chi connectivity index (χ2v) is 4.01. The zero-order valence-corrected chi connectivity index (χ0v) is 9.64. The Morgan fingerprint density at radius 1 is 1.71 bits per heavy atom. The minimum Gasteiger partial charge on any atom is -0.476 e. The Morgan fingerprint density at radius 3 is 3.12 bits per heavy atom. The van der Waals surface area contributed by atoms with Crippen molar-refractivity contribution in [1.29, 1.82) is 0 Å². The SMILES string of the molecule is Cc1nc(C(=O)O)cnc1NCC1CCCO1. The van der Waals surface area contributed by atoms with Crippen LogP contribution in [-0.2, 0) is 4.74 Å². The monoisotopic (exact) mass is 237 g/mol. The molecular weight excluding hydrogens is 222 g/mol. The number of hydrogen-bond donors (Lipinski definition) is 2. The molecular formula is C11H15N3O3. The third-order valence-electron chi connectivity index (χ3n) is 2.69. The highest BCUT2D eigenvalue weighted by atomic mass is 16.5. The van der Waals surface area contributed by atoms with Gasteiger partial charge in [0.25, 0.3) is 0 Å². The average molecular weight is 237 g/mol. The van der Waals surface area contributed by atoms with Gasteiger partial charge in [0.2, 0.25) is 0 Å². The lowest BCUT2D eigenvalue weighted by Gasteiger charge is -2.12. The molecule has 6 heteroatoms. The summed E-state index contributed by atoms with van der Waals surface area (Å²) in [5, 5.41) is 11.9. The molecule has 2 N–H and O–H groups in total. The van der Waals surface area contributed by atoms with Gasteiger partial charge in [-0.25, -0.2) is 14.8 Å². The Bertz CT molecular complexity index is 416. The van der Waals surface area contributed by atoms with Gasteiger partial charge >= 0.3 is 5.97 Å². The molecule has 1 aliphatic rings. The van der Waals surface area contributed by atoms with Crippen LogP contribution < -0.4 is 5.32 Å². The number of anilines is 1. The fraction of sp³-hybridized carbons (Fsp3) is 0.545. The number of hydrogen-bond acceptors (Lipinski definition) is 5. The first-order valence-corrected chi connectivity index (χ1v) is 5.59. The smallest absolute Gasteiger partial charge is 0.356 e. The number of carboxylic acid groups (broad SMARTS) is 1. The van der Waals surface area contributed by atoms with E-state index in [9.17, 15) is 4.79 Å². The van der Waals surface area contributed by atoms with Gasteiger partial charge in [0.05, 0.1) is 18.0 Å². The van der Waals surface area contributed by atoms with Crippen LogP contribution in [0.1, 0.15) is 29.0 Å². The van der Waals surface area contributed by atoms with Crippen LogP contribution in [0.25, 0.3) is 0 Å². The quantitative estimate of drug-likeness (QED) is 0.815. The van der Waals surface area contributed by atoms with Gasteiger partial charge in [-0.05, 0) is 19.8 Å². The lowest BCUT2D eigenvalue weighted by atomic mass is 10.2. The number of ether oxygens (including phenoxy) is 1. The molecule has 1 aliphatic heterocycles. The van der Waals surface area contributed by atoms with Crippen molar-refractivity contribution >= 4 is 11.8 Å². The first-order valence-electron chi connectivity index (χ1n) is 5.59. The molecule has 92 valence electrons. The predicted molar refractivity (Wildman–Crippen MR) is 61.2 cm³/mol. The number of nitrogens with one attached hydrogen (secondary N) is 1. The predicted octanol–water partition coefficient (Wildman–Crippen LogP) is 1.07. The van der Waals surface area contributed by atoms with Crippen molar-refractivity contribution in [3.63, 3.8) is 0 Å². The summed E-state index contributed by atoms with van der Waals surface area (Å²) < 4.78 is 5.47. The number of aromatic nitrogens is 2. The molecule has 6 nitrogen and oxygen atoms in total. The molecule has 0 saturated carbocycles. The van der Waals surface area contributed by atoms with Crippen LogP contribution in [0.5, 0.6) is 0 Å². The molecule has 17 heavy (non-hydrogen) atoms. The summed E-state index contributed by atoms with van der Waals surface area (Å²) in [6.45, 7) is 3.23. The van der Waals surface area contributed by atoms with Gasteiger partial charge in [-0.3, -0.25) is 0 Å². The second-order valence-electron chi connectivity index (χ2n) is 4.01. The molecule has 0 spiro atoms. The molecule has 1 atom stereocenters. The Kier molecular flexibility index (Phi) is 3.53. The Balaban J connectivity index is 1.98. The molecule has 0 amide bonds. The minimum absolute atomic E-state index is 0.0369. The first kappa shape index (κ1) is 11.8. The molecule has 1 fully saturated rings. The van der Waals surface area contributed by atoms with Gasteiger partial charge in [0, 0.05) is 13.2 Å². The maximum absolute atomic E-state index is 10.7. The van der Waals surface area contributed by atoms with E-state index in [-0.39, 0.29) is 11.8 Å². The summed E-state index contributed by atoms with van der Waals surface area (Å²) in [7, 11) is 0. The number of rotatable bonds is 4. The number of nitrogens with zero attached hydrogens (tertiary/aromatic N) is 2. The molecule has 2 rings (SSSR count). The van der Waals surface area contributed by atoms with Crippen molar-refractivity contribution in [2.45, 2.75) is 25.9 Å². The van der Waals surface area contributed by atoms with Crippen LogP contribution in [-0.4, -0.2) is 40.3 Å². The van der Waals surface area contributed by atoms with E-state index in [2.05, 4.69) is 15.3 Å². The molecule has 1 unspecified atom stereocenters. The van der Waals surface area contributed by atoms with Gasteiger partial charge in [0.1, 0.15) is 5.82 Å². The highest BCUT2D eigenvalue weighted by molar-refractivity contribution is 5.85. The Hall–Kier alpha value is -1.69. The number of carbonyl (C=O) groups is 1. The van der Waals surface area contributed by atoms with Crippen LogP contribution in [0.4, 0.5) is 5.82 Å². The summed E-state index contributed by atoms with van der Waals surface area (Å²) in [4.78, 5) is 18.7. The summed E-state index contributed by atoms with van der Waals surface area (Å²) in [6.07, 6.45) is 3.62. The van der Waals surface area contributed by atoms with Crippen molar-refractivity contribution < 1.29 is 14.6 Å². The molecule has 0 aromatic carbocycles. The highest BCUT2D eigenvalue weighted by Crippen LogP contribution is 2.14. The van der Waals surface area contributed by atoms with Gasteiger partial charge in [-0.15, -0.1) is 0 Å². The third kappa shape index (κ3) is 2.91. The molecule has 1 aromatic heterocycles. The zero-order chi connectivity index (χ0) is 12.3. The first-order chi connectivity index (χ1) is 8.16. The van der Waals surface area contributed by atoms with Crippen molar-refractivity contribution in [3.8, 4) is 0 Å². The van der Waals surface area contributed by atoms with Crippen LogP contribution in [0.15, 0.2) is 6.20 Å². The van der Waals surface area contributed by atoms with E-state index >= 15 is 0 Å². The maximum atomic E-state index is 10.7. The Morgan fingerprint density at radius 2 is 2.53 bits per heavy atom. The minimum atomic E-state index is -1.06. The van der Waals surface area contributed by atoms with Crippen molar-refractivity contribution in [2.24, 2.45) is 0 Å². The van der Waals surface area contributed by atoms with Gasteiger partial charge in [-0.1, -0.05) is 0 Å². The van der Waals surface area contributed by atoms with Crippen LogP contribution >= 0.6 is 0 Å². The summed E-state index contributed by atoms with van der Waals surface area (Å²) in [5.74, 6) is -0.447. The largest absolute Gasteiger partial charge is 0.476 e. The molecule has 0 aliphatic carbocycles. The average Bonchev–Trinajstić information content (AvgIpc) is 2.80. The Labute approximate surface area is 99.0 Å². The molecule has 2 heterocycles. The molecule has 0 radical (unpaired) electrons. The lowest BCUT2D eigenvalue weighted by Crippen LogP contribution is -2.20. The van der Waals surface area contributed by atoms with E-state index in [1.54, 1.807) is 6.92 Å². The van der Waals surface area contributed by atoms with Crippen LogP contribution in [0.3, 0.4) is 0 Å². The van der Waals surface area contributed by atoms with Gasteiger partial charge in [0.15, 0.2) is 5.69 Å². The fourth-order valence-corrected chi connectivity index (χ4v) is 1.77. The summed E-state index contributed by atoms with van der Waals surface area (Å²) >= 11 is 0. The van der Waals surface area contributed by atoms with E-state index in [0.29, 0.717) is 18.1 Å².